The lowest BCUT2D eigenvalue weighted by Crippen LogP contribution is -2.04. The van der Waals surface area contributed by atoms with E-state index < -0.39 is 0 Å². The van der Waals surface area contributed by atoms with Gasteiger partial charge < -0.3 is 0 Å². The number of nitrogens with zero attached hydrogens (tertiary/aromatic N) is 1. The van der Waals surface area contributed by atoms with Crippen molar-refractivity contribution in [2.45, 2.75) is 25.7 Å². The Morgan fingerprint density at radius 3 is 2.75 bits per heavy atom. The molecule has 1 heterocycles. The quantitative estimate of drug-likeness (QED) is 0.588. The molecule has 0 N–H and O–H groups in total. The number of aromatic nitrogens is 1. The first-order valence-electron chi connectivity index (χ1n) is 4.11. The standard InChI is InChI=1S/C9H9Cl2N/c10-8-5-6-3-1-2-4-7(6)9(11)12-8/h5H,1-4H2. The molecule has 3 heteroatoms. The average Bonchev–Trinajstić information content (AvgIpc) is 2.04. The van der Waals surface area contributed by atoms with Crippen LogP contribution in [-0.4, -0.2) is 4.98 Å². The fraction of sp³-hybridized carbons (Fsp3) is 0.444. The molecule has 1 aliphatic carbocycles. The highest BCUT2D eigenvalue weighted by Gasteiger charge is 2.13. The third-order valence-electron chi connectivity index (χ3n) is 2.26. The second-order valence-corrected chi connectivity index (χ2v) is 3.83. The van der Waals surface area contributed by atoms with E-state index in [1.54, 1.807) is 0 Å². The van der Waals surface area contributed by atoms with Gasteiger partial charge in [-0.3, -0.25) is 0 Å². The monoisotopic (exact) mass is 201 g/mol. The average molecular weight is 202 g/mol. The van der Waals surface area contributed by atoms with Gasteiger partial charge in [0.25, 0.3) is 0 Å². The fourth-order valence-electron chi connectivity index (χ4n) is 1.66. The normalized spacial score (nSPS) is 15.8. The van der Waals surface area contributed by atoms with Gasteiger partial charge in [-0.25, -0.2) is 4.98 Å². The van der Waals surface area contributed by atoms with Crippen LogP contribution in [0, 0.1) is 0 Å². The molecule has 64 valence electrons. The van der Waals surface area contributed by atoms with Gasteiger partial charge in [-0.2, -0.15) is 0 Å². The van der Waals surface area contributed by atoms with Crippen molar-refractivity contribution in [3.8, 4) is 0 Å². The van der Waals surface area contributed by atoms with Crippen LogP contribution in [0.25, 0.3) is 0 Å². The highest BCUT2D eigenvalue weighted by molar-refractivity contribution is 6.33. The first-order valence-corrected chi connectivity index (χ1v) is 4.87. The first kappa shape index (κ1) is 8.33. The van der Waals surface area contributed by atoms with Crippen molar-refractivity contribution in [2.24, 2.45) is 0 Å². The largest absolute Gasteiger partial charge is 0.224 e. The van der Waals surface area contributed by atoms with Crippen molar-refractivity contribution in [3.05, 3.63) is 27.5 Å². The minimum absolute atomic E-state index is 0.514. The summed E-state index contributed by atoms with van der Waals surface area (Å²) in [6.07, 6.45) is 4.61. The topological polar surface area (TPSA) is 12.9 Å². The zero-order valence-corrected chi connectivity index (χ0v) is 8.12. The van der Waals surface area contributed by atoms with Crippen LogP contribution in [0.4, 0.5) is 0 Å². The van der Waals surface area contributed by atoms with Crippen molar-refractivity contribution < 1.29 is 0 Å². The Hall–Kier alpha value is -0.270. The van der Waals surface area contributed by atoms with E-state index in [0.29, 0.717) is 10.3 Å². The van der Waals surface area contributed by atoms with Crippen molar-refractivity contribution in [3.63, 3.8) is 0 Å². The van der Waals surface area contributed by atoms with Gasteiger partial charge in [-0.15, -0.1) is 0 Å². The molecule has 0 unspecified atom stereocenters. The summed E-state index contributed by atoms with van der Waals surface area (Å²) in [4.78, 5) is 4.02. The molecule has 1 aromatic heterocycles. The first-order chi connectivity index (χ1) is 5.77. The fourth-order valence-corrected chi connectivity index (χ4v) is 2.23. The number of halogens is 2. The predicted octanol–water partition coefficient (Wildman–Crippen LogP) is 3.27. The minimum Gasteiger partial charge on any atom is -0.224 e. The van der Waals surface area contributed by atoms with Gasteiger partial charge in [0.1, 0.15) is 10.3 Å². The minimum atomic E-state index is 0.514. The third-order valence-corrected chi connectivity index (χ3v) is 2.76. The lowest BCUT2D eigenvalue weighted by atomic mass is 9.94. The molecule has 0 amide bonds. The van der Waals surface area contributed by atoms with Crippen LogP contribution in [0.3, 0.4) is 0 Å². The number of pyridine rings is 1. The molecule has 1 aliphatic rings. The lowest BCUT2D eigenvalue weighted by Gasteiger charge is -2.15. The van der Waals surface area contributed by atoms with Crippen LogP contribution in [0.15, 0.2) is 6.07 Å². The summed E-state index contributed by atoms with van der Waals surface area (Å²) in [7, 11) is 0. The molecule has 0 aromatic carbocycles. The molecular formula is C9H9Cl2N. The van der Waals surface area contributed by atoms with E-state index in [-0.39, 0.29) is 0 Å². The predicted molar refractivity (Wildman–Crippen MR) is 50.9 cm³/mol. The number of fused-ring (bicyclic) bond motifs is 1. The summed E-state index contributed by atoms with van der Waals surface area (Å²) in [6, 6.07) is 1.93. The van der Waals surface area contributed by atoms with Crippen molar-refractivity contribution in [1.29, 1.82) is 0 Å². The smallest absolute Gasteiger partial charge is 0.134 e. The summed E-state index contributed by atoms with van der Waals surface area (Å²) in [5.74, 6) is 0. The van der Waals surface area contributed by atoms with Crippen molar-refractivity contribution >= 4 is 23.2 Å². The molecule has 0 spiro atoms. The van der Waals surface area contributed by atoms with Gasteiger partial charge in [0, 0.05) is 0 Å². The van der Waals surface area contributed by atoms with Crippen LogP contribution in [0.5, 0.6) is 0 Å². The molecule has 0 bridgehead atoms. The van der Waals surface area contributed by atoms with Crippen LogP contribution in [0.1, 0.15) is 24.0 Å². The SMILES string of the molecule is Clc1cc2c(c(Cl)n1)CCCC2. The molecule has 2 rings (SSSR count). The van der Waals surface area contributed by atoms with E-state index in [4.69, 9.17) is 23.2 Å². The van der Waals surface area contributed by atoms with Crippen molar-refractivity contribution in [2.75, 3.05) is 0 Å². The van der Waals surface area contributed by atoms with Gasteiger partial charge in [0.15, 0.2) is 0 Å². The zero-order valence-electron chi connectivity index (χ0n) is 6.61. The van der Waals surface area contributed by atoms with Gasteiger partial charge in [0.2, 0.25) is 0 Å². The van der Waals surface area contributed by atoms with E-state index in [2.05, 4.69) is 4.98 Å². The summed E-state index contributed by atoms with van der Waals surface area (Å²) in [5, 5.41) is 1.11. The Bertz CT molecular complexity index is 310. The Morgan fingerprint density at radius 2 is 1.92 bits per heavy atom. The van der Waals surface area contributed by atoms with Crippen LogP contribution in [0.2, 0.25) is 10.3 Å². The van der Waals surface area contributed by atoms with Gasteiger partial charge >= 0.3 is 0 Å². The van der Waals surface area contributed by atoms with Crippen LogP contribution < -0.4 is 0 Å². The molecule has 0 saturated carbocycles. The molecule has 0 aliphatic heterocycles. The Labute approximate surface area is 81.7 Å². The van der Waals surface area contributed by atoms with Crippen molar-refractivity contribution in [1.82, 2.24) is 4.98 Å². The molecule has 0 atom stereocenters. The second kappa shape index (κ2) is 3.23. The Balaban J connectivity index is 2.53. The lowest BCUT2D eigenvalue weighted by molar-refractivity contribution is 0.682. The summed E-state index contributed by atoms with van der Waals surface area (Å²) in [5.41, 5.74) is 2.48. The molecule has 1 nitrogen and oxygen atoms in total. The van der Waals surface area contributed by atoms with Crippen LogP contribution >= 0.6 is 23.2 Å². The van der Waals surface area contributed by atoms with Crippen LogP contribution in [-0.2, 0) is 12.8 Å². The molecule has 0 saturated heterocycles. The number of rotatable bonds is 0. The van der Waals surface area contributed by atoms with Gasteiger partial charge in [0.05, 0.1) is 0 Å². The van der Waals surface area contributed by atoms with E-state index >= 15 is 0 Å². The highest BCUT2D eigenvalue weighted by Crippen LogP contribution is 2.28. The molecule has 12 heavy (non-hydrogen) atoms. The maximum absolute atomic E-state index is 5.95. The van der Waals surface area contributed by atoms with Gasteiger partial charge in [-0.1, -0.05) is 23.2 Å². The van der Waals surface area contributed by atoms with E-state index in [1.165, 1.54) is 24.0 Å². The Kier molecular flexibility index (Phi) is 2.24. The maximum Gasteiger partial charge on any atom is 0.134 e. The molecular weight excluding hydrogens is 193 g/mol. The number of hydrogen-bond donors (Lipinski definition) is 0. The summed E-state index contributed by atoms with van der Waals surface area (Å²) in [6.45, 7) is 0. The maximum atomic E-state index is 5.95. The summed E-state index contributed by atoms with van der Waals surface area (Å²) >= 11 is 11.7. The van der Waals surface area contributed by atoms with E-state index in [9.17, 15) is 0 Å². The van der Waals surface area contributed by atoms with Gasteiger partial charge in [-0.05, 0) is 42.9 Å². The number of aryl methyl sites for hydroxylation is 1. The molecule has 0 fully saturated rings. The molecule has 0 radical (unpaired) electrons. The van der Waals surface area contributed by atoms with E-state index in [0.717, 1.165) is 12.8 Å². The number of hydrogen-bond acceptors (Lipinski definition) is 1. The second-order valence-electron chi connectivity index (χ2n) is 3.08. The zero-order chi connectivity index (χ0) is 8.55. The van der Waals surface area contributed by atoms with E-state index in [1.807, 2.05) is 6.07 Å². The third kappa shape index (κ3) is 1.44. The highest BCUT2D eigenvalue weighted by atomic mass is 35.5. The Morgan fingerprint density at radius 1 is 1.17 bits per heavy atom. The molecule has 1 aromatic rings. The summed E-state index contributed by atoms with van der Waals surface area (Å²) < 4.78 is 0.